The molecule has 3 aliphatic heterocycles. The molecule has 3 heterocycles. The molecule has 0 N–H and O–H groups in total. The van der Waals surface area contributed by atoms with E-state index in [2.05, 4.69) is 5.92 Å². The van der Waals surface area contributed by atoms with Crippen LogP contribution in [0.2, 0.25) is 0 Å². The van der Waals surface area contributed by atoms with Crippen LogP contribution >= 0.6 is 7.82 Å². The van der Waals surface area contributed by atoms with E-state index in [0.717, 1.165) is 25.7 Å². The molecule has 0 aromatic rings. The number of ketones is 1. The number of allylic oxidation sites excluding steroid dienone is 1. The van der Waals surface area contributed by atoms with Gasteiger partial charge in [0.15, 0.2) is 12.0 Å². The van der Waals surface area contributed by atoms with Crippen LogP contribution in [0.5, 0.6) is 0 Å². The molecule has 2 saturated heterocycles. The van der Waals surface area contributed by atoms with E-state index in [0.29, 0.717) is 6.42 Å². The molecule has 1 unspecified atom stereocenters. The van der Waals surface area contributed by atoms with Gasteiger partial charge in [0.05, 0.1) is 19.6 Å². The van der Waals surface area contributed by atoms with Crippen molar-refractivity contribution >= 4 is 25.5 Å². The van der Waals surface area contributed by atoms with Gasteiger partial charge in [0, 0.05) is 12.6 Å². The third kappa shape index (κ3) is 5.08. The van der Waals surface area contributed by atoms with Gasteiger partial charge in [-0.05, 0) is 45.1 Å². The Labute approximate surface area is 192 Å². The van der Waals surface area contributed by atoms with E-state index in [-0.39, 0.29) is 43.9 Å². The monoisotopic (exact) mass is 481 g/mol. The molecule has 0 spiro atoms. The normalized spacial score (nSPS) is 36.6. The second-order valence-electron chi connectivity index (χ2n) is 8.82. The van der Waals surface area contributed by atoms with Gasteiger partial charge in [0.1, 0.15) is 23.7 Å². The Kier molecular flexibility index (Phi) is 7.08. The highest BCUT2D eigenvalue weighted by molar-refractivity contribution is 7.48. The van der Waals surface area contributed by atoms with Crippen molar-refractivity contribution in [3.05, 3.63) is 12.3 Å². The van der Waals surface area contributed by atoms with Crippen LogP contribution in [0.25, 0.3) is 0 Å². The molecular weight excluding hydrogens is 453 g/mol. The van der Waals surface area contributed by atoms with Crippen LogP contribution in [0.15, 0.2) is 12.3 Å². The van der Waals surface area contributed by atoms with Crippen LogP contribution in [-0.2, 0) is 42.0 Å². The molecule has 0 aromatic heterocycles. The van der Waals surface area contributed by atoms with Crippen LogP contribution in [0.4, 0.5) is 0 Å². The van der Waals surface area contributed by atoms with Crippen molar-refractivity contribution in [2.24, 2.45) is 5.41 Å². The third-order valence-electron chi connectivity index (χ3n) is 6.36. The number of carbonyl (C=O) groups is 3. The van der Waals surface area contributed by atoms with Gasteiger partial charge in [-0.15, -0.1) is 6.42 Å². The summed E-state index contributed by atoms with van der Waals surface area (Å²) < 4.78 is 40.8. The highest BCUT2D eigenvalue weighted by Crippen LogP contribution is 2.59. The largest absolute Gasteiger partial charge is 0.475 e. The van der Waals surface area contributed by atoms with Crippen LogP contribution < -0.4 is 0 Å². The molecule has 1 amide bonds. The smallest absolute Gasteiger partial charge is 0.462 e. The highest BCUT2D eigenvalue weighted by Gasteiger charge is 2.61. The second-order valence-corrected chi connectivity index (χ2v) is 10.4. The summed E-state index contributed by atoms with van der Waals surface area (Å²) in [6.07, 6.45) is 10.0. The van der Waals surface area contributed by atoms with E-state index in [1.54, 1.807) is 6.92 Å². The van der Waals surface area contributed by atoms with Crippen molar-refractivity contribution in [1.82, 2.24) is 4.90 Å². The minimum Gasteiger partial charge on any atom is -0.462 e. The number of amides is 1. The lowest BCUT2D eigenvalue weighted by Crippen LogP contribution is -2.49. The second kappa shape index (κ2) is 9.69. The lowest BCUT2D eigenvalue weighted by molar-refractivity contribution is -0.149. The van der Waals surface area contributed by atoms with Crippen molar-refractivity contribution < 1.29 is 42.0 Å². The van der Waals surface area contributed by atoms with E-state index in [1.165, 1.54) is 17.2 Å². The summed E-state index contributed by atoms with van der Waals surface area (Å²) in [5.74, 6) is 1.56. The number of terminal acetylenes is 1. The lowest BCUT2D eigenvalue weighted by Gasteiger charge is -2.37. The standard InChI is InChI=1S/C22H28NO9P/c1-3-22(2)20-17(31-21(22)23-11-10-15(24)13-18(23)25)14-29-33(27,32-20)28-12-6-9-19(26)30-16-7-4-5-8-16/h1,10-11,16-17,20-21H,4-9,12-14H2,2H3/t17-,20-,21-,22-,33?/m1/s1. The van der Waals surface area contributed by atoms with Crippen molar-refractivity contribution in [2.45, 2.75) is 76.4 Å². The Morgan fingerprint density at radius 3 is 2.82 bits per heavy atom. The number of ether oxygens (including phenoxy) is 2. The number of hydrogen-bond donors (Lipinski definition) is 0. The summed E-state index contributed by atoms with van der Waals surface area (Å²) in [5, 5.41) is 0. The van der Waals surface area contributed by atoms with Crippen LogP contribution in [0.3, 0.4) is 0 Å². The predicted octanol–water partition coefficient (Wildman–Crippen LogP) is 2.47. The minimum atomic E-state index is -3.96. The van der Waals surface area contributed by atoms with Gasteiger partial charge in [-0.1, -0.05) is 5.92 Å². The first kappa shape index (κ1) is 24.1. The number of rotatable bonds is 7. The van der Waals surface area contributed by atoms with E-state index >= 15 is 0 Å². The molecule has 5 atom stereocenters. The average molecular weight is 481 g/mol. The number of phosphoric acid groups is 1. The average Bonchev–Trinajstić information content (AvgIpc) is 3.38. The zero-order chi connectivity index (χ0) is 23.6. The summed E-state index contributed by atoms with van der Waals surface area (Å²) >= 11 is 0. The number of hydrogen-bond acceptors (Lipinski definition) is 9. The van der Waals surface area contributed by atoms with Crippen molar-refractivity contribution in [3.8, 4) is 12.3 Å². The first-order valence-electron chi connectivity index (χ1n) is 11.2. The summed E-state index contributed by atoms with van der Waals surface area (Å²) in [5.41, 5.74) is -1.17. The Bertz CT molecular complexity index is 921. The highest BCUT2D eigenvalue weighted by atomic mass is 31.2. The van der Waals surface area contributed by atoms with Gasteiger partial charge in [0.25, 0.3) is 0 Å². The molecule has 4 aliphatic rings. The number of carbonyl (C=O) groups excluding carboxylic acids is 3. The number of nitrogens with zero attached hydrogens (tertiary/aromatic N) is 1. The molecule has 3 fully saturated rings. The molecule has 10 nitrogen and oxygen atoms in total. The van der Waals surface area contributed by atoms with Gasteiger partial charge < -0.3 is 9.47 Å². The topological polar surface area (TPSA) is 118 Å². The number of fused-ring (bicyclic) bond motifs is 1. The van der Waals surface area contributed by atoms with Gasteiger partial charge in [-0.2, -0.15) is 0 Å². The van der Waals surface area contributed by atoms with E-state index in [4.69, 9.17) is 29.5 Å². The Morgan fingerprint density at radius 2 is 2.12 bits per heavy atom. The van der Waals surface area contributed by atoms with Crippen LogP contribution in [-0.4, -0.2) is 60.3 Å². The maximum absolute atomic E-state index is 13.0. The number of phosphoric ester groups is 1. The van der Waals surface area contributed by atoms with Gasteiger partial charge in [-0.25, -0.2) is 4.57 Å². The fraction of sp³-hybridized carbons (Fsp3) is 0.682. The van der Waals surface area contributed by atoms with Crippen molar-refractivity contribution in [1.29, 1.82) is 0 Å². The Balaban J connectivity index is 1.33. The first-order chi connectivity index (χ1) is 15.7. The molecule has 33 heavy (non-hydrogen) atoms. The lowest BCUT2D eigenvalue weighted by atomic mass is 9.82. The predicted molar refractivity (Wildman–Crippen MR) is 113 cm³/mol. The molecule has 0 radical (unpaired) electrons. The first-order valence-corrected chi connectivity index (χ1v) is 12.6. The third-order valence-corrected chi connectivity index (χ3v) is 7.81. The quantitative estimate of drug-likeness (QED) is 0.178. The van der Waals surface area contributed by atoms with Crippen LogP contribution in [0, 0.1) is 17.8 Å². The fourth-order valence-electron chi connectivity index (χ4n) is 4.52. The van der Waals surface area contributed by atoms with Gasteiger partial charge in [0.2, 0.25) is 5.91 Å². The summed E-state index contributed by atoms with van der Waals surface area (Å²) in [4.78, 5) is 37.1. The van der Waals surface area contributed by atoms with Crippen molar-refractivity contribution in [2.75, 3.05) is 13.2 Å². The molecule has 11 heteroatoms. The van der Waals surface area contributed by atoms with Gasteiger partial charge in [-0.3, -0.25) is 32.9 Å². The zero-order valence-corrected chi connectivity index (χ0v) is 19.4. The molecule has 0 bridgehead atoms. The molecular formula is C22H28NO9P. The maximum Gasteiger partial charge on any atom is 0.475 e. The molecule has 0 aromatic carbocycles. The zero-order valence-electron chi connectivity index (χ0n) is 18.5. The number of esters is 1. The summed E-state index contributed by atoms with van der Waals surface area (Å²) in [6.45, 7) is 1.53. The van der Waals surface area contributed by atoms with Crippen molar-refractivity contribution in [3.63, 3.8) is 0 Å². The molecule has 180 valence electrons. The maximum atomic E-state index is 13.0. The summed E-state index contributed by atoms with van der Waals surface area (Å²) in [7, 11) is -3.96. The SMILES string of the molecule is C#C[C@]1(C)[C@@H]2OP(=O)(OCCCC(=O)OC3CCCC3)OC[C@H]2O[C@H]1N1C=CC(=O)CC1=O. The fourth-order valence-corrected chi connectivity index (χ4v) is 6.03. The van der Waals surface area contributed by atoms with Crippen LogP contribution in [0.1, 0.15) is 51.9 Å². The molecule has 1 saturated carbocycles. The van der Waals surface area contributed by atoms with E-state index in [1.807, 2.05) is 0 Å². The van der Waals surface area contributed by atoms with Gasteiger partial charge >= 0.3 is 13.8 Å². The Morgan fingerprint density at radius 1 is 1.36 bits per heavy atom. The van der Waals surface area contributed by atoms with E-state index in [9.17, 15) is 18.9 Å². The molecule has 1 aliphatic carbocycles. The van der Waals surface area contributed by atoms with E-state index < -0.39 is 37.6 Å². The Hall–Kier alpha value is -2.02. The minimum absolute atomic E-state index is 0.00443. The molecule has 4 rings (SSSR count). The summed E-state index contributed by atoms with van der Waals surface area (Å²) in [6, 6.07) is 0.